The topological polar surface area (TPSA) is 73.1 Å². The summed E-state index contributed by atoms with van der Waals surface area (Å²) in [6.45, 7) is 2.64. The molecule has 0 aliphatic heterocycles. The highest BCUT2D eigenvalue weighted by molar-refractivity contribution is 7.17. The van der Waals surface area contributed by atoms with E-state index in [1.807, 2.05) is 49.4 Å². The largest absolute Gasteiger partial charge is 0.352 e. The van der Waals surface area contributed by atoms with Gasteiger partial charge < -0.3 is 5.32 Å². The number of benzene rings is 2. The number of nitrogens with one attached hydrogen (secondary N) is 1. The number of nitrogens with zero attached hydrogens (tertiary/aromatic N) is 2. The minimum atomic E-state index is -0.415. The van der Waals surface area contributed by atoms with Crippen LogP contribution in [0.1, 0.15) is 23.1 Å². The number of halogens is 1. The van der Waals surface area contributed by atoms with Crippen molar-refractivity contribution in [3.05, 3.63) is 103 Å². The van der Waals surface area contributed by atoms with E-state index < -0.39 is 5.69 Å². The molecule has 0 fully saturated rings. The Morgan fingerprint density at radius 3 is 2.66 bits per heavy atom. The minimum absolute atomic E-state index is 0.00762. The summed E-state index contributed by atoms with van der Waals surface area (Å²) < 4.78 is 3.27. The van der Waals surface area contributed by atoms with Crippen LogP contribution in [-0.4, -0.2) is 15.0 Å². The van der Waals surface area contributed by atoms with Crippen molar-refractivity contribution in [2.24, 2.45) is 0 Å². The molecule has 2 aromatic heterocycles. The van der Waals surface area contributed by atoms with Crippen LogP contribution in [0.5, 0.6) is 0 Å². The summed E-state index contributed by atoms with van der Waals surface area (Å²) in [6.07, 6.45) is 0.0148. The minimum Gasteiger partial charge on any atom is -0.352 e. The van der Waals surface area contributed by atoms with Crippen LogP contribution in [0.4, 0.5) is 0 Å². The van der Waals surface area contributed by atoms with Crippen molar-refractivity contribution in [1.82, 2.24) is 14.5 Å². The molecule has 8 heteroatoms. The van der Waals surface area contributed by atoms with Crippen LogP contribution >= 0.6 is 22.9 Å². The predicted molar refractivity (Wildman–Crippen MR) is 129 cm³/mol. The number of aromatic nitrogens is 2. The fourth-order valence-electron chi connectivity index (χ4n) is 3.61. The van der Waals surface area contributed by atoms with Gasteiger partial charge in [0.25, 0.3) is 5.56 Å². The molecular weight excluding hydrogens is 446 g/mol. The molecule has 0 radical (unpaired) electrons. The Labute approximate surface area is 193 Å². The van der Waals surface area contributed by atoms with Gasteiger partial charge in [0, 0.05) is 24.5 Å². The molecule has 0 aliphatic rings. The molecule has 0 bridgehead atoms. The van der Waals surface area contributed by atoms with Gasteiger partial charge in [-0.25, -0.2) is 4.79 Å². The summed E-state index contributed by atoms with van der Waals surface area (Å²) in [5.74, 6) is -0.257. The van der Waals surface area contributed by atoms with Crippen LogP contribution in [0, 0.1) is 6.92 Å². The summed E-state index contributed by atoms with van der Waals surface area (Å²) in [7, 11) is 0. The maximum Gasteiger partial charge on any atom is 0.331 e. The summed E-state index contributed by atoms with van der Waals surface area (Å²) >= 11 is 7.42. The average molecular weight is 468 g/mol. The van der Waals surface area contributed by atoms with Gasteiger partial charge in [0.1, 0.15) is 4.70 Å². The Morgan fingerprint density at radius 1 is 1.06 bits per heavy atom. The third-order valence-corrected chi connectivity index (χ3v) is 6.52. The number of rotatable bonds is 7. The van der Waals surface area contributed by atoms with E-state index in [0.29, 0.717) is 21.8 Å². The molecule has 1 N–H and O–H groups in total. The highest BCUT2D eigenvalue weighted by Crippen LogP contribution is 2.17. The van der Waals surface area contributed by atoms with Crippen LogP contribution in [0.25, 0.3) is 10.2 Å². The molecule has 4 aromatic rings. The number of carbonyl (C=O) groups is 1. The molecule has 32 heavy (non-hydrogen) atoms. The van der Waals surface area contributed by atoms with Gasteiger partial charge in [-0.1, -0.05) is 59.6 Å². The molecule has 0 atom stereocenters. The molecular formula is C24H22ClN3O3S. The Balaban J connectivity index is 1.56. The SMILES string of the molecule is Cc1cccc(Cn2c(=O)n(CCC(=O)NCc3ccccc3Cl)c(=O)c3sccc32)c1. The number of hydrogen-bond donors (Lipinski definition) is 1. The van der Waals surface area contributed by atoms with Gasteiger partial charge in [-0.2, -0.15) is 0 Å². The fourth-order valence-corrected chi connectivity index (χ4v) is 4.66. The lowest BCUT2D eigenvalue weighted by molar-refractivity contribution is -0.121. The molecule has 2 aromatic carbocycles. The number of amides is 1. The van der Waals surface area contributed by atoms with Crippen LogP contribution < -0.4 is 16.6 Å². The zero-order valence-electron chi connectivity index (χ0n) is 17.5. The van der Waals surface area contributed by atoms with Crippen molar-refractivity contribution in [1.29, 1.82) is 0 Å². The Hall–Kier alpha value is -3.16. The number of hydrogen-bond acceptors (Lipinski definition) is 4. The number of carbonyl (C=O) groups excluding carboxylic acids is 1. The maximum absolute atomic E-state index is 13.2. The molecule has 0 aliphatic carbocycles. The first kappa shape index (κ1) is 22.0. The summed E-state index contributed by atoms with van der Waals surface area (Å²) in [4.78, 5) is 38.5. The van der Waals surface area contributed by atoms with Crippen molar-refractivity contribution in [2.45, 2.75) is 33.0 Å². The second-order valence-corrected chi connectivity index (χ2v) is 8.89. The van der Waals surface area contributed by atoms with Gasteiger partial charge in [0.2, 0.25) is 5.91 Å². The van der Waals surface area contributed by atoms with E-state index in [-0.39, 0.29) is 31.0 Å². The highest BCUT2D eigenvalue weighted by atomic mass is 35.5. The van der Waals surface area contributed by atoms with Gasteiger partial charge in [0.15, 0.2) is 0 Å². The quantitative estimate of drug-likeness (QED) is 0.447. The standard InChI is InChI=1S/C24H22ClN3O3S/c1-16-5-4-6-17(13-16)15-28-20-10-12-32-22(20)23(30)27(24(28)31)11-9-21(29)26-14-18-7-2-3-8-19(18)25/h2-8,10,12-13H,9,11,14-15H2,1H3,(H,26,29). The Kier molecular flexibility index (Phi) is 6.58. The Bertz CT molecular complexity index is 1400. The van der Waals surface area contributed by atoms with Crippen molar-refractivity contribution in [3.63, 3.8) is 0 Å². The van der Waals surface area contributed by atoms with Crippen LogP contribution in [-0.2, 0) is 24.4 Å². The molecule has 1 amide bonds. The molecule has 164 valence electrons. The van der Waals surface area contributed by atoms with E-state index in [1.165, 1.54) is 11.3 Å². The summed E-state index contributed by atoms with van der Waals surface area (Å²) in [6, 6.07) is 17.0. The molecule has 0 spiro atoms. The van der Waals surface area contributed by atoms with Crippen molar-refractivity contribution >= 4 is 39.1 Å². The van der Waals surface area contributed by atoms with E-state index >= 15 is 0 Å². The smallest absolute Gasteiger partial charge is 0.331 e. The molecule has 0 unspecified atom stereocenters. The predicted octanol–water partition coefficient (Wildman–Crippen LogP) is 3.94. The fraction of sp³-hybridized carbons (Fsp3) is 0.208. The van der Waals surface area contributed by atoms with Gasteiger partial charge in [-0.05, 0) is 35.6 Å². The highest BCUT2D eigenvalue weighted by Gasteiger charge is 2.15. The van der Waals surface area contributed by atoms with Crippen LogP contribution in [0.2, 0.25) is 5.02 Å². The van der Waals surface area contributed by atoms with Crippen molar-refractivity contribution in [3.8, 4) is 0 Å². The van der Waals surface area contributed by atoms with Crippen LogP contribution in [0.15, 0.2) is 69.6 Å². The monoisotopic (exact) mass is 467 g/mol. The number of fused-ring (bicyclic) bond motifs is 1. The number of thiophene rings is 1. The summed E-state index contributed by atoms with van der Waals surface area (Å²) in [5.41, 5.74) is 2.72. The van der Waals surface area contributed by atoms with E-state index in [2.05, 4.69) is 5.32 Å². The van der Waals surface area contributed by atoms with E-state index in [0.717, 1.165) is 21.3 Å². The normalized spacial score (nSPS) is 11.1. The lowest BCUT2D eigenvalue weighted by Crippen LogP contribution is -2.40. The second kappa shape index (κ2) is 9.54. The molecule has 2 heterocycles. The van der Waals surface area contributed by atoms with Gasteiger partial charge in [-0.15, -0.1) is 11.3 Å². The zero-order valence-corrected chi connectivity index (χ0v) is 19.1. The first-order chi connectivity index (χ1) is 15.4. The van der Waals surface area contributed by atoms with Gasteiger partial charge in [0.05, 0.1) is 12.1 Å². The van der Waals surface area contributed by atoms with Crippen LogP contribution in [0.3, 0.4) is 0 Å². The first-order valence-electron chi connectivity index (χ1n) is 10.2. The third-order valence-electron chi connectivity index (χ3n) is 5.26. The lowest BCUT2D eigenvalue weighted by Gasteiger charge is -2.13. The third kappa shape index (κ3) is 4.69. The zero-order chi connectivity index (χ0) is 22.7. The molecule has 6 nitrogen and oxygen atoms in total. The van der Waals surface area contributed by atoms with Gasteiger partial charge >= 0.3 is 5.69 Å². The second-order valence-electron chi connectivity index (χ2n) is 7.57. The first-order valence-corrected chi connectivity index (χ1v) is 11.5. The number of aryl methyl sites for hydroxylation is 1. The average Bonchev–Trinajstić information content (AvgIpc) is 3.26. The molecule has 0 saturated carbocycles. The molecule has 4 rings (SSSR count). The van der Waals surface area contributed by atoms with Gasteiger partial charge in [-0.3, -0.25) is 18.7 Å². The van der Waals surface area contributed by atoms with E-state index in [1.54, 1.807) is 22.1 Å². The van der Waals surface area contributed by atoms with E-state index in [4.69, 9.17) is 11.6 Å². The lowest BCUT2D eigenvalue weighted by atomic mass is 10.1. The van der Waals surface area contributed by atoms with Crippen molar-refractivity contribution < 1.29 is 4.79 Å². The Morgan fingerprint density at radius 2 is 1.88 bits per heavy atom. The molecule has 0 saturated heterocycles. The van der Waals surface area contributed by atoms with E-state index in [9.17, 15) is 14.4 Å². The summed E-state index contributed by atoms with van der Waals surface area (Å²) in [5, 5.41) is 5.18. The maximum atomic E-state index is 13.2. The van der Waals surface area contributed by atoms with Crippen molar-refractivity contribution in [2.75, 3.05) is 0 Å².